The van der Waals surface area contributed by atoms with E-state index >= 15 is 0 Å². The van der Waals surface area contributed by atoms with Crippen LogP contribution in [0.4, 0.5) is 0 Å². The van der Waals surface area contributed by atoms with E-state index in [4.69, 9.17) is 4.42 Å². The van der Waals surface area contributed by atoms with Gasteiger partial charge in [0.1, 0.15) is 0 Å². The molecule has 1 saturated heterocycles. The lowest BCUT2D eigenvalue weighted by Gasteiger charge is -2.28. The van der Waals surface area contributed by atoms with Crippen molar-refractivity contribution in [2.24, 2.45) is 0 Å². The van der Waals surface area contributed by atoms with E-state index < -0.39 is 5.76 Å². The number of aromatic nitrogens is 2. The van der Waals surface area contributed by atoms with Crippen molar-refractivity contribution in [1.29, 1.82) is 0 Å². The Bertz CT molecular complexity index is 1380. The lowest BCUT2D eigenvalue weighted by atomic mass is 10.1. The molecular formula is C24H24N4O4. The number of hydrogen-bond donors (Lipinski definition) is 1. The number of oxazole rings is 1. The van der Waals surface area contributed by atoms with Crippen LogP contribution in [-0.4, -0.2) is 44.5 Å². The van der Waals surface area contributed by atoms with Gasteiger partial charge in [-0.3, -0.25) is 24.2 Å². The van der Waals surface area contributed by atoms with E-state index in [0.29, 0.717) is 24.2 Å². The molecule has 2 aromatic carbocycles. The van der Waals surface area contributed by atoms with Crippen LogP contribution in [-0.2, 0) is 22.6 Å². The smallest absolute Gasteiger partial charge is 0.408 e. The zero-order valence-electron chi connectivity index (χ0n) is 17.8. The van der Waals surface area contributed by atoms with Crippen molar-refractivity contribution in [3.63, 3.8) is 0 Å². The van der Waals surface area contributed by atoms with Crippen LogP contribution in [0.2, 0.25) is 0 Å². The van der Waals surface area contributed by atoms with Crippen LogP contribution in [0.5, 0.6) is 0 Å². The Labute approximate surface area is 184 Å². The minimum Gasteiger partial charge on any atom is -0.408 e. The first kappa shape index (κ1) is 20.1. The number of benzene rings is 2. The Morgan fingerprint density at radius 3 is 2.56 bits per heavy atom. The molecule has 0 saturated carbocycles. The average molecular weight is 432 g/mol. The Kier molecular flexibility index (Phi) is 5.05. The summed E-state index contributed by atoms with van der Waals surface area (Å²) in [5.74, 6) is -0.763. The number of carbonyl (C=O) groups excluding carboxylic acids is 2. The van der Waals surface area contributed by atoms with Gasteiger partial charge in [-0.25, -0.2) is 4.79 Å². The van der Waals surface area contributed by atoms with Crippen molar-refractivity contribution in [3.05, 3.63) is 70.3 Å². The largest absolute Gasteiger partial charge is 0.419 e. The highest BCUT2D eigenvalue weighted by Gasteiger charge is 2.31. The highest BCUT2D eigenvalue weighted by atomic mass is 16.4. The lowest BCUT2D eigenvalue weighted by molar-refractivity contribution is -0.157. The Balaban J connectivity index is 1.30. The molecule has 1 fully saturated rings. The molecule has 0 unspecified atom stereocenters. The van der Waals surface area contributed by atoms with Gasteiger partial charge >= 0.3 is 5.76 Å². The predicted octanol–water partition coefficient (Wildman–Crippen LogP) is 2.99. The van der Waals surface area contributed by atoms with E-state index in [9.17, 15) is 14.4 Å². The number of nitrogens with zero attached hydrogens (tertiary/aromatic N) is 3. The van der Waals surface area contributed by atoms with Crippen molar-refractivity contribution in [2.45, 2.75) is 32.7 Å². The molecule has 32 heavy (non-hydrogen) atoms. The zero-order chi connectivity index (χ0) is 22.2. The van der Waals surface area contributed by atoms with Crippen LogP contribution in [0.3, 0.4) is 0 Å². The fourth-order valence-corrected chi connectivity index (χ4v) is 4.50. The number of aromatic amines is 1. The topological polar surface area (TPSA) is 91.5 Å². The molecule has 4 aromatic rings. The first-order chi connectivity index (χ1) is 15.5. The van der Waals surface area contributed by atoms with Crippen LogP contribution in [0.1, 0.15) is 24.1 Å². The van der Waals surface area contributed by atoms with Crippen LogP contribution < -0.4 is 5.76 Å². The second kappa shape index (κ2) is 8.03. The quantitative estimate of drug-likeness (QED) is 0.525. The predicted molar refractivity (Wildman–Crippen MR) is 120 cm³/mol. The van der Waals surface area contributed by atoms with E-state index in [1.165, 1.54) is 9.58 Å². The van der Waals surface area contributed by atoms with Gasteiger partial charge in [0.2, 0.25) is 11.8 Å². The van der Waals surface area contributed by atoms with Crippen LogP contribution in [0.15, 0.2) is 57.7 Å². The Morgan fingerprint density at radius 1 is 1.00 bits per heavy atom. The van der Waals surface area contributed by atoms with Crippen molar-refractivity contribution in [1.82, 2.24) is 19.6 Å². The van der Waals surface area contributed by atoms with E-state index in [1.807, 2.05) is 37.3 Å². The van der Waals surface area contributed by atoms with Crippen molar-refractivity contribution >= 4 is 33.8 Å². The third-order valence-corrected chi connectivity index (χ3v) is 6.09. The molecule has 8 heteroatoms. The minimum absolute atomic E-state index is 0.102. The molecule has 5 rings (SSSR count). The minimum atomic E-state index is -0.483. The summed E-state index contributed by atoms with van der Waals surface area (Å²) >= 11 is 0. The summed E-state index contributed by atoms with van der Waals surface area (Å²) in [6, 6.07) is 15.0. The highest BCUT2D eigenvalue weighted by molar-refractivity contribution is 5.91. The van der Waals surface area contributed by atoms with Gasteiger partial charge in [-0.15, -0.1) is 0 Å². The summed E-state index contributed by atoms with van der Waals surface area (Å²) in [7, 11) is 0. The van der Waals surface area contributed by atoms with Gasteiger partial charge in [0.15, 0.2) is 5.58 Å². The molecule has 2 amide bonds. The van der Waals surface area contributed by atoms with Crippen LogP contribution in [0.25, 0.3) is 22.0 Å². The van der Waals surface area contributed by atoms with E-state index in [1.54, 1.807) is 23.2 Å². The maximum absolute atomic E-state index is 13.1. The second-order valence-electron chi connectivity index (χ2n) is 8.08. The first-order valence-corrected chi connectivity index (χ1v) is 10.8. The number of H-pyrrole nitrogens is 1. The molecule has 0 radical (unpaired) electrons. The number of nitrogens with one attached hydrogen (secondary N) is 1. The summed E-state index contributed by atoms with van der Waals surface area (Å²) in [5.41, 5.74) is 4.08. The third-order valence-electron chi connectivity index (χ3n) is 6.09. The van der Waals surface area contributed by atoms with Gasteiger partial charge in [-0.1, -0.05) is 30.3 Å². The summed E-state index contributed by atoms with van der Waals surface area (Å²) in [4.78, 5) is 41.6. The molecule has 0 aliphatic carbocycles. The first-order valence-electron chi connectivity index (χ1n) is 10.8. The van der Waals surface area contributed by atoms with Gasteiger partial charge < -0.3 is 9.40 Å². The van der Waals surface area contributed by atoms with Crippen molar-refractivity contribution in [2.75, 3.05) is 13.1 Å². The highest BCUT2D eigenvalue weighted by Crippen LogP contribution is 2.24. The fraction of sp³-hybridized carbons (Fsp3) is 0.292. The maximum atomic E-state index is 13.1. The monoisotopic (exact) mass is 432 g/mol. The summed E-state index contributed by atoms with van der Waals surface area (Å²) < 4.78 is 6.70. The molecule has 0 atom stereocenters. The van der Waals surface area contributed by atoms with Gasteiger partial charge in [-0.05, 0) is 37.1 Å². The molecule has 0 spiro atoms. The number of amides is 2. The molecule has 3 heterocycles. The Morgan fingerprint density at radius 2 is 1.72 bits per heavy atom. The number of hydrazine groups is 1. The lowest BCUT2D eigenvalue weighted by Crippen LogP contribution is -2.45. The number of aryl methyl sites for hydroxylation is 2. The standard InChI is InChI=1S/C24H24N4O4/c1-16-18(17-7-2-3-8-19(17)25-16)15-23(30)28-13-6-12-27(28)22(29)11-14-26-20-9-4-5-10-21(20)32-24(26)31/h2-5,7-10,25H,6,11-15H2,1H3. The number of para-hydroxylation sites is 3. The zero-order valence-corrected chi connectivity index (χ0v) is 17.8. The number of fused-ring (bicyclic) bond motifs is 2. The summed E-state index contributed by atoms with van der Waals surface area (Å²) in [5, 5.41) is 4.11. The van der Waals surface area contributed by atoms with Gasteiger partial charge in [-0.2, -0.15) is 0 Å². The number of carbonyl (C=O) groups is 2. The second-order valence-corrected chi connectivity index (χ2v) is 8.08. The van der Waals surface area contributed by atoms with Crippen molar-refractivity contribution in [3.8, 4) is 0 Å². The SMILES string of the molecule is Cc1[nH]c2ccccc2c1CC(=O)N1CCCN1C(=O)CCn1c(=O)oc2ccccc21. The van der Waals surface area contributed by atoms with Crippen LogP contribution >= 0.6 is 0 Å². The molecule has 1 N–H and O–H groups in total. The van der Waals surface area contributed by atoms with E-state index in [-0.39, 0.29) is 31.2 Å². The molecule has 2 aromatic heterocycles. The van der Waals surface area contributed by atoms with Gasteiger partial charge in [0.05, 0.1) is 11.9 Å². The third kappa shape index (κ3) is 3.47. The number of rotatable bonds is 5. The number of hydrogen-bond acceptors (Lipinski definition) is 4. The summed E-state index contributed by atoms with van der Waals surface area (Å²) in [6.45, 7) is 3.18. The molecular weight excluding hydrogens is 408 g/mol. The maximum Gasteiger partial charge on any atom is 0.419 e. The summed E-state index contributed by atoms with van der Waals surface area (Å²) in [6.07, 6.45) is 1.07. The molecule has 8 nitrogen and oxygen atoms in total. The van der Waals surface area contributed by atoms with Crippen molar-refractivity contribution < 1.29 is 14.0 Å². The molecule has 164 valence electrons. The molecule has 1 aliphatic heterocycles. The molecule has 0 bridgehead atoms. The van der Waals surface area contributed by atoms with Crippen LogP contribution in [0, 0.1) is 6.92 Å². The average Bonchev–Trinajstić information content (AvgIpc) is 3.48. The fourth-order valence-electron chi connectivity index (χ4n) is 4.50. The van der Waals surface area contributed by atoms with E-state index in [2.05, 4.69) is 4.98 Å². The van der Waals surface area contributed by atoms with Gasteiger partial charge in [0.25, 0.3) is 0 Å². The Hall–Kier alpha value is -3.81. The van der Waals surface area contributed by atoms with Gasteiger partial charge in [0, 0.05) is 42.7 Å². The van der Waals surface area contributed by atoms with E-state index in [0.717, 1.165) is 28.6 Å². The molecule has 1 aliphatic rings. The normalized spacial score (nSPS) is 14.0.